The summed E-state index contributed by atoms with van der Waals surface area (Å²) in [6, 6.07) is 9.77. The summed E-state index contributed by atoms with van der Waals surface area (Å²) in [4.78, 5) is 14.1. The van der Waals surface area contributed by atoms with E-state index in [1.165, 1.54) is 5.56 Å². The molecule has 2 aromatic rings. The van der Waals surface area contributed by atoms with Crippen molar-refractivity contribution >= 4 is 29.1 Å². The van der Waals surface area contributed by atoms with Crippen molar-refractivity contribution in [3.05, 3.63) is 62.6 Å². The molecule has 1 atom stereocenters. The van der Waals surface area contributed by atoms with E-state index in [0.29, 0.717) is 21.4 Å². The van der Waals surface area contributed by atoms with E-state index in [0.717, 1.165) is 30.5 Å². The minimum atomic E-state index is -0.0662. The van der Waals surface area contributed by atoms with Gasteiger partial charge in [0, 0.05) is 20.1 Å². The largest absolute Gasteiger partial charge is 0.496 e. The van der Waals surface area contributed by atoms with Gasteiger partial charge in [0.05, 0.1) is 22.7 Å². The first-order valence-corrected chi connectivity index (χ1v) is 9.26. The monoisotopic (exact) mass is 392 g/mol. The maximum Gasteiger partial charge on any atom is 0.257 e. The molecule has 0 unspecified atom stereocenters. The van der Waals surface area contributed by atoms with Crippen LogP contribution in [0.2, 0.25) is 10.0 Å². The lowest BCUT2D eigenvalue weighted by Gasteiger charge is -2.29. The molecule has 4 nitrogen and oxygen atoms in total. The topological polar surface area (TPSA) is 41.6 Å². The lowest BCUT2D eigenvalue weighted by Crippen LogP contribution is -2.32. The zero-order valence-corrected chi connectivity index (χ0v) is 16.6. The average Bonchev–Trinajstić information content (AvgIpc) is 2.63. The van der Waals surface area contributed by atoms with Gasteiger partial charge in [0.1, 0.15) is 5.75 Å². The summed E-state index contributed by atoms with van der Waals surface area (Å²) in [5, 5.41) is 4.65. The minimum Gasteiger partial charge on any atom is -0.496 e. The molecule has 138 valence electrons. The Labute approximate surface area is 164 Å². The summed E-state index contributed by atoms with van der Waals surface area (Å²) in [7, 11) is 5.09. The van der Waals surface area contributed by atoms with E-state index in [1.54, 1.807) is 26.1 Å². The van der Waals surface area contributed by atoms with E-state index in [9.17, 15) is 4.79 Å². The van der Waals surface area contributed by atoms with Crippen molar-refractivity contribution in [3.8, 4) is 5.75 Å². The van der Waals surface area contributed by atoms with Crippen LogP contribution in [0.4, 0.5) is 0 Å². The predicted molar refractivity (Wildman–Crippen MR) is 106 cm³/mol. The quantitative estimate of drug-likeness (QED) is 0.849. The lowest BCUT2D eigenvalue weighted by atomic mass is 9.88. The normalized spacial score (nSPS) is 16.1. The van der Waals surface area contributed by atoms with E-state index in [4.69, 9.17) is 27.9 Å². The second kappa shape index (κ2) is 7.87. The fourth-order valence-electron chi connectivity index (χ4n) is 3.33. The van der Waals surface area contributed by atoms with Gasteiger partial charge in [-0.1, -0.05) is 29.3 Å². The van der Waals surface area contributed by atoms with Crippen molar-refractivity contribution in [2.75, 3.05) is 27.7 Å². The molecule has 1 N–H and O–H groups in total. The zero-order chi connectivity index (χ0) is 18.8. The zero-order valence-electron chi connectivity index (χ0n) is 15.1. The van der Waals surface area contributed by atoms with Crippen LogP contribution in [0.3, 0.4) is 0 Å². The molecule has 1 heterocycles. The van der Waals surface area contributed by atoms with Gasteiger partial charge in [-0.3, -0.25) is 4.79 Å². The molecule has 0 aromatic heterocycles. The average molecular weight is 393 g/mol. The highest BCUT2D eigenvalue weighted by Crippen LogP contribution is 2.33. The van der Waals surface area contributed by atoms with Crippen LogP contribution in [0, 0.1) is 0 Å². The molecule has 6 heteroatoms. The van der Waals surface area contributed by atoms with Crippen LogP contribution in [-0.4, -0.2) is 38.6 Å². The van der Waals surface area contributed by atoms with Gasteiger partial charge in [-0.05, 0) is 60.3 Å². The summed E-state index contributed by atoms with van der Waals surface area (Å²) < 4.78 is 5.47. The van der Waals surface area contributed by atoms with Gasteiger partial charge in [0.2, 0.25) is 0 Å². The number of carbonyl (C=O) groups is 1. The Morgan fingerprint density at radius 1 is 1.23 bits per heavy atom. The Morgan fingerprint density at radius 2 is 2.00 bits per heavy atom. The Kier molecular flexibility index (Phi) is 5.76. The van der Waals surface area contributed by atoms with E-state index in [1.807, 2.05) is 30.3 Å². The van der Waals surface area contributed by atoms with Gasteiger partial charge in [0.15, 0.2) is 0 Å². The summed E-state index contributed by atoms with van der Waals surface area (Å²) in [5.41, 5.74) is 4.02. The molecule has 0 aliphatic carbocycles. The number of nitrogens with zero attached hydrogens (tertiary/aromatic N) is 1. The number of methoxy groups -OCH3 is 1. The number of hydrogen-bond acceptors (Lipinski definition) is 3. The van der Waals surface area contributed by atoms with Gasteiger partial charge < -0.3 is 15.0 Å². The second-order valence-corrected chi connectivity index (χ2v) is 7.47. The first-order chi connectivity index (χ1) is 12.4. The van der Waals surface area contributed by atoms with Crippen LogP contribution in [-0.2, 0) is 12.8 Å². The fraction of sp³-hybridized carbons (Fsp3) is 0.350. The maximum absolute atomic E-state index is 12.6. The highest BCUT2D eigenvalue weighted by molar-refractivity contribution is 6.42. The summed E-state index contributed by atoms with van der Waals surface area (Å²) in [5.74, 6) is 0.557. The molecule has 0 saturated heterocycles. The van der Waals surface area contributed by atoms with E-state index in [2.05, 4.69) is 5.32 Å². The van der Waals surface area contributed by atoms with Crippen LogP contribution in [0.25, 0.3) is 0 Å². The lowest BCUT2D eigenvalue weighted by molar-refractivity contribution is 0.0824. The Balaban J connectivity index is 1.98. The summed E-state index contributed by atoms with van der Waals surface area (Å²) in [6.07, 6.45) is 1.67. The van der Waals surface area contributed by atoms with Crippen molar-refractivity contribution in [1.82, 2.24) is 10.2 Å². The number of benzene rings is 2. The number of amides is 1. The van der Waals surface area contributed by atoms with Gasteiger partial charge in [-0.25, -0.2) is 0 Å². The minimum absolute atomic E-state index is 0.0662. The molecule has 0 bridgehead atoms. The van der Waals surface area contributed by atoms with Crippen molar-refractivity contribution in [2.45, 2.75) is 18.9 Å². The highest BCUT2D eigenvalue weighted by atomic mass is 35.5. The molecule has 26 heavy (non-hydrogen) atoms. The second-order valence-electron chi connectivity index (χ2n) is 6.66. The van der Waals surface area contributed by atoms with Gasteiger partial charge in [-0.15, -0.1) is 0 Å². The molecular formula is C20H22Cl2N2O2. The molecule has 0 fully saturated rings. The van der Waals surface area contributed by atoms with Crippen LogP contribution in [0.5, 0.6) is 5.75 Å². The van der Waals surface area contributed by atoms with Crippen LogP contribution in [0.15, 0.2) is 30.3 Å². The standard InChI is InChI=1S/C20H22Cl2N2O2/c1-24(2)20(25)15-11-14-13(10-19(15)26-3)6-7-23-18(14)9-12-4-5-16(21)17(22)8-12/h4-5,8,10-11,18,23H,6-7,9H2,1-3H3/t18-/m1/s1. The Bertz CT molecular complexity index is 837. The van der Waals surface area contributed by atoms with Crippen molar-refractivity contribution in [1.29, 1.82) is 0 Å². The first-order valence-electron chi connectivity index (χ1n) is 8.50. The molecular weight excluding hydrogens is 371 g/mol. The molecule has 0 spiro atoms. The number of fused-ring (bicyclic) bond motifs is 1. The number of hydrogen-bond donors (Lipinski definition) is 1. The molecule has 1 aliphatic heterocycles. The Hall–Kier alpha value is -1.75. The van der Waals surface area contributed by atoms with E-state index >= 15 is 0 Å². The third kappa shape index (κ3) is 3.83. The molecule has 1 aliphatic rings. The van der Waals surface area contributed by atoms with E-state index in [-0.39, 0.29) is 11.9 Å². The van der Waals surface area contributed by atoms with Crippen LogP contribution < -0.4 is 10.1 Å². The van der Waals surface area contributed by atoms with E-state index < -0.39 is 0 Å². The number of nitrogens with one attached hydrogen (secondary N) is 1. The van der Waals surface area contributed by atoms with Crippen molar-refractivity contribution in [3.63, 3.8) is 0 Å². The third-order valence-corrected chi connectivity index (χ3v) is 5.42. The van der Waals surface area contributed by atoms with Crippen molar-refractivity contribution in [2.24, 2.45) is 0 Å². The smallest absolute Gasteiger partial charge is 0.257 e. The Morgan fingerprint density at radius 3 is 2.65 bits per heavy atom. The molecule has 1 amide bonds. The number of rotatable bonds is 4. The maximum atomic E-state index is 12.6. The van der Waals surface area contributed by atoms with Crippen LogP contribution >= 0.6 is 23.2 Å². The summed E-state index contributed by atoms with van der Waals surface area (Å²) >= 11 is 12.2. The van der Waals surface area contributed by atoms with Crippen LogP contribution in [0.1, 0.15) is 33.1 Å². The van der Waals surface area contributed by atoms with Gasteiger partial charge in [0.25, 0.3) is 5.91 Å². The number of carbonyl (C=O) groups excluding carboxylic acids is 1. The fourth-order valence-corrected chi connectivity index (χ4v) is 3.65. The first kappa shape index (κ1) is 19.0. The predicted octanol–water partition coefficient (Wildman–Crippen LogP) is 4.13. The molecule has 0 radical (unpaired) electrons. The molecule has 0 saturated carbocycles. The third-order valence-electron chi connectivity index (χ3n) is 4.68. The SMILES string of the molecule is COc1cc2c(cc1C(=O)N(C)C)[C@@H](Cc1ccc(Cl)c(Cl)c1)NCC2. The van der Waals surface area contributed by atoms with Crippen molar-refractivity contribution < 1.29 is 9.53 Å². The number of halogens is 2. The molecule has 3 rings (SSSR count). The highest BCUT2D eigenvalue weighted by Gasteiger charge is 2.25. The number of ether oxygens (including phenoxy) is 1. The van der Waals surface area contributed by atoms with Gasteiger partial charge in [-0.2, -0.15) is 0 Å². The molecule has 2 aromatic carbocycles. The summed E-state index contributed by atoms with van der Waals surface area (Å²) in [6.45, 7) is 0.878. The van der Waals surface area contributed by atoms with Gasteiger partial charge >= 0.3 is 0 Å².